The lowest BCUT2D eigenvalue weighted by Crippen LogP contribution is -2.36. The number of nitrogens with zero attached hydrogens (tertiary/aromatic N) is 1. The summed E-state index contributed by atoms with van der Waals surface area (Å²) in [5, 5.41) is 15.9. The number of rotatable bonds is 7. The second-order valence-corrected chi connectivity index (χ2v) is 7.84. The van der Waals surface area contributed by atoms with E-state index in [0.29, 0.717) is 29.7 Å². The lowest BCUT2D eigenvalue weighted by Gasteiger charge is -2.27. The molecule has 0 bridgehead atoms. The van der Waals surface area contributed by atoms with Gasteiger partial charge in [0, 0.05) is 24.2 Å². The zero-order valence-electron chi connectivity index (χ0n) is 16.9. The molecule has 1 saturated carbocycles. The predicted molar refractivity (Wildman–Crippen MR) is 116 cm³/mol. The first kappa shape index (κ1) is 20.3. The van der Waals surface area contributed by atoms with E-state index in [1.54, 1.807) is 12.1 Å². The average molecular weight is 405 g/mol. The van der Waals surface area contributed by atoms with Crippen LogP contribution in [-0.4, -0.2) is 22.2 Å². The van der Waals surface area contributed by atoms with Crippen LogP contribution in [0.1, 0.15) is 48.0 Å². The van der Waals surface area contributed by atoms with E-state index in [2.05, 4.69) is 22.4 Å². The number of amides is 1. The van der Waals surface area contributed by atoms with E-state index in [4.69, 9.17) is 10.5 Å². The number of hydrogen-bond acceptors (Lipinski definition) is 5. The maximum absolute atomic E-state index is 11.2. The van der Waals surface area contributed by atoms with Gasteiger partial charge in [-0.1, -0.05) is 49.6 Å². The lowest BCUT2D eigenvalue weighted by molar-refractivity contribution is 0.0537. The molecule has 4 N–H and O–H groups in total. The van der Waals surface area contributed by atoms with Crippen LogP contribution in [0.2, 0.25) is 0 Å². The SMILES string of the molecule is NC(=O)c1ccc(Oc2cccc3c(CNC(O)C4CCCCC4)cccc23)nc1. The zero-order valence-corrected chi connectivity index (χ0v) is 16.9. The van der Waals surface area contributed by atoms with E-state index >= 15 is 0 Å². The molecule has 0 aliphatic heterocycles. The fourth-order valence-corrected chi connectivity index (χ4v) is 4.12. The van der Waals surface area contributed by atoms with Crippen LogP contribution in [0.4, 0.5) is 0 Å². The molecule has 1 aliphatic carbocycles. The fourth-order valence-electron chi connectivity index (χ4n) is 4.12. The van der Waals surface area contributed by atoms with Gasteiger partial charge in [-0.3, -0.25) is 10.1 Å². The van der Waals surface area contributed by atoms with Crippen LogP contribution < -0.4 is 15.8 Å². The highest BCUT2D eigenvalue weighted by Crippen LogP contribution is 2.31. The Bertz CT molecular complexity index is 1010. The molecule has 156 valence electrons. The van der Waals surface area contributed by atoms with Crippen molar-refractivity contribution < 1.29 is 14.6 Å². The van der Waals surface area contributed by atoms with Gasteiger partial charge in [0.25, 0.3) is 0 Å². The minimum atomic E-state index is -0.522. The molecule has 1 heterocycles. The number of aliphatic hydroxyl groups excluding tert-OH is 1. The van der Waals surface area contributed by atoms with Gasteiger partial charge in [0.1, 0.15) is 12.0 Å². The number of carbonyl (C=O) groups is 1. The topological polar surface area (TPSA) is 97.5 Å². The van der Waals surface area contributed by atoms with Crippen molar-refractivity contribution in [2.24, 2.45) is 11.7 Å². The van der Waals surface area contributed by atoms with Crippen molar-refractivity contribution in [3.05, 3.63) is 65.9 Å². The first-order valence-electron chi connectivity index (χ1n) is 10.5. The molecule has 0 saturated heterocycles. The van der Waals surface area contributed by atoms with Crippen molar-refractivity contribution in [3.63, 3.8) is 0 Å². The van der Waals surface area contributed by atoms with Crippen molar-refractivity contribution in [2.75, 3.05) is 0 Å². The van der Waals surface area contributed by atoms with Crippen LogP contribution in [0.3, 0.4) is 0 Å². The average Bonchev–Trinajstić information content (AvgIpc) is 2.78. The van der Waals surface area contributed by atoms with E-state index in [9.17, 15) is 9.90 Å². The molecule has 3 aromatic rings. The van der Waals surface area contributed by atoms with E-state index in [0.717, 1.165) is 29.2 Å². The number of aromatic nitrogens is 1. The van der Waals surface area contributed by atoms with Crippen LogP contribution in [0.15, 0.2) is 54.7 Å². The zero-order chi connectivity index (χ0) is 20.9. The Kier molecular flexibility index (Phi) is 6.26. The molecule has 30 heavy (non-hydrogen) atoms. The first-order chi connectivity index (χ1) is 14.6. The molecule has 1 unspecified atom stereocenters. The Balaban J connectivity index is 1.51. The minimum absolute atomic E-state index is 0.335. The smallest absolute Gasteiger partial charge is 0.250 e. The van der Waals surface area contributed by atoms with Gasteiger partial charge in [-0.25, -0.2) is 4.98 Å². The Morgan fingerprint density at radius 3 is 2.60 bits per heavy atom. The maximum atomic E-state index is 11.2. The Labute approximate surface area is 176 Å². The van der Waals surface area contributed by atoms with Crippen molar-refractivity contribution in [2.45, 2.75) is 44.9 Å². The van der Waals surface area contributed by atoms with Gasteiger partial charge in [0.2, 0.25) is 11.8 Å². The highest BCUT2D eigenvalue weighted by Gasteiger charge is 2.21. The van der Waals surface area contributed by atoms with Gasteiger partial charge in [0.15, 0.2) is 0 Å². The van der Waals surface area contributed by atoms with Crippen LogP contribution >= 0.6 is 0 Å². The van der Waals surface area contributed by atoms with E-state index < -0.39 is 12.1 Å². The molecule has 1 amide bonds. The number of aliphatic hydroxyl groups is 1. The number of benzene rings is 2. The van der Waals surface area contributed by atoms with Gasteiger partial charge in [-0.15, -0.1) is 0 Å². The number of nitrogens with two attached hydrogens (primary N) is 1. The molecule has 0 radical (unpaired) electrons. The quantitative estimate of drug-likeness (QED) is 0.514. The maximum Gasteiger partial charge on any atom is 0.250 e. The number of nitrogens with one attached hydrogen (secondary N) is 1. The van der Waals surface area contributed by atoms with Crippen molar-refractivity contribution in [1.82, 2.24) is 10.3 Å². The summed E-state index contributed by atoms with van der Waals surface area (Å²) < 4.78 is 5.97. The standard InChI is InChI=1S/C24H27N3O3/c25-23(28)18-12-13-22(26-15-18)30-21-11-5-9-19-17(8-4-10-20(19)21)14-27-24(29)16-6-2-1-3-7-16/h4-5,8-13,15-16,24,27,29H,1-3,6-7,14H2,(H2,25,28). The molecule has 2 aromatic carbocycles. The van der Waals surface area contributed by atoms with Gasteiger partial charge >= 0.3 is 0 Å². The molecule has 1 aliphatic rings. The van der Waals surface area contributed by atoms with Crippen molar-refractivity contribution in [1.29, 1.82) is 0 Å². The summed E-state index contributed by atoms with van der Waals surface area (Å²) in [6.07, 6.45) is 6.78. The Morgan fingerprint density at radius 1 is 1.10 bits per heavy atom. The predicted octanol–water partition coefficient (Wildman–Crippen LogP) is 4.11. The molecule has 6 heteroatoms. The summed E-state index contributed by atoms with van der Waals surface area (Å²) in [5.74, 6) is 0.888. The Hall–Kier alpha value is -2.96. The van der Waals surface area contributed by atoms with Crippen LogP contribution in [0, 0.1) is 5.92 Å². The highest BCUT2D eigenvalue weighted by atomic mass is 16.5. The van der Waals surface area contributed by atoms with Gasteiger partial charge in [-0.2, -0.15) is 0 Å². The first-order valence-corrected chi connectivity index (χ1v) is 10.5. The summed E-state index contributed by atoms with van der Waals surface area (Å²) >= 11 is 0. The number of hydrogen-bond donors (Lipinski definition) is 3. The van der Waals surface area contributed by atoms with Gasteiger partial charge in [-0.05, 0) is 41.8 Å². The third kappa shape index (κ3) is 4.61. The van der Waals surface area contributed by atoms with Crippen LogP contribution in [0.5, 0.6) is 11.6 Å². The molecule has 0 spiro atoms. The molecule has 1 aromatic heterocycles. The van der Waals surface area contributed by atoms with Gasteiger partial charge < -0.3 is 15.6 Å². The molecule has 1 atom stereocenters. The molecule has 6 nitrogen and oxygen atoms in total. The summed E-state index contributed by atoms with van der Waals surface area (Å²) in [5.41, 5.74) is 6.70. The van der Waals surface area contributed by atoms with Gasteiger partial charge in [0.05, 0.1) is 5.56 Å². The van der Waals surface area contributed by atoms with E-state index in [-0.39, 0.29) is 0 Å². The number of ether oxygens (including phenoxy) is 1. The Morgan fingerprint density at radius 2 is 1.87 bits per heavy atom. The molecule has 4 rings (SSSR count). The van der Waals surface area contributed by atoms with E-state index in [1.165, 1.54) is 25.5 Å². The van der Waals surface area contributed by atoms with Crippen LogP contribution in [-0.2, 0) is 6.54 Å². The monoisotopic (exact) mass is 405 g/mol. The highest BCUT2D eigenvalue weighted by molar-refractivity contribution is 5.92. The largest absolute Gasteiger partial charge is 0.438 e. The third-order valence-electron chi connectivity index (χ3n) is 5.81. The molecule has 1 fully saturated rings. The number of fused-ring (bicyclic) bond motifs is 1. The second kappa shape index (κ2) is 9.24. The molecular formula is C24H27N3O3. The minimum Gasteiger partial charge on any atom is -0.438 e. The fraction of sp³-hybridized carbons (Fsp3) is 0.333. The number of carbonyl (C=O) groups excluding carboxylic acids is 1. The molecular weight excluding hydrogens is 378 g/mol. The summed E-state index contributed by atoms with van der Waals surface area (Å²) in [6.45, 7) is 0.587. The summed E-state index contributed by atoms with van der Waals surface area (Å²) in [4.78, 5) is 15.4. The second-order valence-electron chi connectivity index (χ2n) is 7.84. The summed E-state index contributed by atoms with van der Waals surface area (Å²) in [7, 11) is 0. The van der Waals surface area contributed by atoms with Crippen molar-refractivity contribution >= 4 is 16.7 Å². The van der Waals surface area contributed by atoms with E-state index in [1.807, 2.05) is 24.3 Å². The van der Waals surface area contributed by atoms with Crippen LogP contribution in [0.25, 0.3) is 10.8 Å². The van der Waals surface area contributed by atoms with Crippen molar-refractivity contribution in [3.8, 4) is 11.6 Å². The summed E-state index contributed by atoms with van der Waals surface area (Å²) in [6, 6.07) is 15.2. The normalized spacial score (nSPS) is 15.8. The lowest BCUT2D eigenvalue weighted by atomic mass is 9.88. The third-order valence-corrected chi connectivity index (χ3v) is 5.81. The number of primary amides is 1. The number of pyridine rings is 1.